The summed E-state index contributed by atoms with van der Waals surface area (Å²) in [5.74, 6) is 1.47. The molecule has 2 unspecified atom stereocenters. The van der Waals surface area contributed by atoms with Gasteiger partial charge in [-0.05, 0) is 48.5 Å². The molecule has 6 heteroatoms. The number of anilines is 1. The third-order valence-electron chi connectivity index (χ3n) is 7.48. The number of amides is 1. The van der Waals surface area contributed by atoms with Crippen molar-refractivity contribution in [2.24, 2.45) is 16.7 Å². The number of likely N-dealkylation sites (tertiary alicyclic amines) is 1. The molecule has 3 aliphatic rings. The first kappa shape index (κ1) is 20.9. The monoisotopic (exact) mass is 438 g/mol. The first-order valence-electron chi connectivity index (χ1n) is 11.7. The largest absolute Gasteiger partial charge is 0.347 e. The summed E-state index contributed by atoms with van der Waals surface area (Å²) >= 11 is 1.49. The molecule has 5 rings (SSSR count). The summed E-state index contributed by atoms with van der Waals surface area (Å²) in [5.41, 5.74) is 1.90. The molecular formula is C25H34N4OS. The summed E-state index contributed by atoms with van der Waals surface area (Å²) in [4.78, 5) is 22.8. The van der Waals surface area contributed by atoms with E-state index >= 15 is 0 Å². The van der Waals surface area contributed by atoms with Crippen molar-refractivity contribution >= 4 is 22.6 Å². The smallest absolute Gasteiger partial charge is 0.226 e. The van der Waals surface area contributed by atoms with Crippen LogP contribution in [0.4, 0.5) is 5.13 Å². The number of carbonyl (C=O) groups is 1. The van der Waals surface area contributed by atoms with E-state index in [9.17, 15) is 4.79 Å². The molecule has 31 heavy (non-hydrogen) atoms. The van der Waals surface area contributed by atoms with E-state index in [2.05, 4.69) is 59.2 Å². The zero-order valence-corrected chi connectivity index (χ0v) is 19.8. The van der Waals surface area contributed by atoms with Crippen molar-refractivity contribution in [3.63, 3.8) is 0 Å². The molecule has 2 saturated heterocycles. The molecule has 0 N–H and O–H groups in total. The Morgan fingerprint density at radius 1 is 1.13 bits per heavy atom. The number of hydrogen-bond acceptors (Lipinski definition) is 5. The normalized spacial score (nSPS) is 28.2. The molecule has 2 aliphatic heterocycles. The Morgan fingerprint density at radius 2 is 1.87 bits per heavy atom. The van der Waals surface area contributed by atoms with Gasteiger partial charge >= 0.3 is 0 Å². The fourth-order valence-corrected chi connectivity index (χ4v) is 7.23. The lowest BCUT2D eigenvalue weighted by molar-refractivity contribution is -0.137. The van der Waals surface area contributed by atoms with Gasteiger partial charge in [-0.3, -0.25) is 4.79 Å². The topological polar surface area (TPSA) is 49.3 Å². The summed E-state index contributed by atoms with van der Waals surface area (Å²) in [6.45, 7) is 9.89. The molecule has 0 spiro atoms. The highest BCUT2D eigenvalue weighted by Gasteiger charge is 2.51. The van der Waals surface area contributed by atoms with E-state index in [1.165, 1.54) is 29.9 Å². The van der Waals surface area contributed by atoms with Crippen LogP contribution >= 0.6 is 11.5 Å². The average molecular weight is 439 g/mol. The Bertz CT molecular complexity index is 934. The Hall–Kier alpha value is -1.95. The van der Waals surface area contributed by atoms with Crippen molar-refractivity contribution in [1.29, 1.82) is 0 Å². The first-order chi connectivity index (χ1) is 14.8. The van der Waals surface area contributed by atoms with Crippen LogP contribution in [-0.2, 0) is 11.2 Å². The number of benzene rings is 1. The predicted molar refractivity (Wildman–Crippen MR) is 125 cm³/mol. The van der Waals surface area contributed by atoms with Gasteiger partial charge in [0.05, 0.1) is 0 Å². The second-order valence-corrected chi connectivity index (χ2v) is 11.8. The minimum absolute atomic E-state index is 0.166. The molecule has 2 atom stereocenters. The van der Waals surface area contributed by atoms with Gasteiger partial charge in [0.25, 0.3) is 0 Å². The van der Waals surface area contributed by atoms with Gasteiger partial charge in [-0.2, -0.15) is 4.37 Å². The Morgan fingerprint density at radius 3 is 2.61 bits per heavy atom. The Labute approximate surface area is 190 Å². The summed E-state index contributed by atoms with van der Waals surface area (Å²) < 4.78 is 4.58. The van der Waals surface area contributed by atoms with Crippen molar-refractivity contribution in [2.45, 2.75) is 65.3 Å². The molecule has 1 saturated carbocycles. The molecule has 3 fully saturated rings. The highest BCUT2D eigenvalue weighted by molar-refractivity contribution is 7.09. The number of fused-ring (bicyclic) bond motifs is 2. The zero-order chi connectivity index (χ0) is 21.6. The highest BCUT2D eigenvalue weighted by atomic mass is 32.1. The van der Waals surface area contributed by atoms with Gasteiger partial charge in [-0.1, -0.05) is 51.1 Å². The predicted octanol–water partition coefficient (Wildman–Crippen LogP) is 4.77. The van der Waals surface area contributed by atoms with Crippen LogP contribution in [0.1, 0.15) is 64.3 Å². The maximum Gasteiger partial charge on any atom is 0.226 e. The molecule has 1 aliphatic carbocycles. The molecule has 1 aromatic carbocycles. The van der Waals surface area contributed by atoms with Crippen LogP contribution in [0.2, 0.25) is 0 Å². The SMILES string of the molecule is CC1(C)CC2CC(C)(CN2C(=O)C2CCN(c3nc(Cc4ccccc4)ns3)CC2)C1. The molecule has 2 bridgehead atoms. The van der Waals surface area contributed by atoms with E-state index < -0.39 is 0 Å². The average Bonchev–Trinajstić information content (AvgIpc) is 3.29. The summed E-state index contributed by atoms with van der Waals surface area (Å²) in [7, 11) is 0. The minimum atomic E-state index is 0.166. The van der Waals surface area contributed by atoms with Crippen LogP contribution in [0.15, 0.2) is 30.3 Å². The second-order valence-electron chi connectivity index (χ2n) is 11.1. The van der Waals surface area contributed by atoms with Crippen molar-refractivity contribution < 1.29 is 4.79 Å². The molecule has 2 aromatic rings. The zero-order valence-electron chi connectivity index (χ0n) is 19.0. The molecule has 5 nitrogen and oxygen atoms in total. The fraction of sp³-hybridized carbons (Fsp3) is 0.640. The highest BCUT2D eigenvalue weighted by Crippen LogP contribution is 2.52. The van der Waals surface area contributed by atoms with E-state index in [4.69, 9.17) is 4.98 Å². The summed E-state index contributed by atoms with van der Waals surface area (Å²) in [6, 6.07) is 10.8. The van der Waals surface area contributed by atoms with Gasteiger partial charge in [-0.25, -0.2) is 4.98 Å². The molecule has 1 aromatic heterocycles. The summed E-state index contributed by atoms with van der Waals surface area (Å²) in [5, 5.41) is 1.00. The van der Waals surface area contributed by atoms with Crippen molar-refractivity contribution in [2.75, 3.05) is 24.5 Å². The molecule has 3 heterocycles. The van der Waals surface area contributed by atoms with E-state index in [0.717, 1.165) is 56.3 Å². The number of piperidine rings is 1. The lowest BCUT2D eigenvalue weighted by atomic mass is 9.65. The van der Waals surface area contributed by atoms with Gasteiger partial charge in [0.15, 0.2) is 0 Å². The van der Waals surface area contributed by atoms with Gasteiger partial charge < -0.3 is 9.80 Å². The molecule has 1 amide bonds. The van der Waals surface area contributed by atoms with Crippen molar-refractivity contribution in [3.8, 4) is 0 Å². The number of aromatic nitrogens is 2. The molecular weight excluding hydrogens is 404 g/mol. The number of hydrogen-bond donors (Lipinski definition) is 0. The maximum atomic E-state index is 13.4. The molecule has 0 radical (unpaired) electrons. The standard InChI is InChI=1S/C25H34N4OS/c1-24(2)14-20-15-25(3,16-24)17-29(20)22(30)19-9-11-28(12-10-19)23-26-21(27-31-23)13-18-7-5-4-6-8-18/h4-8,19-20H,9-17H2,1-3H3. The van der Waals surface area contributed by atoms with E-state index in [1.807, 2.05) is 6.07 Å². The number of nitrogens with zero attached hydrogens (tertiary/aromatic N) is 4. The number of rotatable bonds is 4. The van der Waals surface area contributed by atoms with Crippen molar-refractivity contribution in [3.05, 3.63) is 41.7 Å². The van der Waals surface area contributed by atoms with Crippen LogP contribution in [-0.4, -0.2) is 45.8 Å². The fourth-order valence-electron chi connectivity index (χ4n) is 6.49. The van der Waals surface area contributed by atoms with Crippen LogP contribution in [0.25, 0.3) is 0 Å². The van der Waals surface area contributed by atoms with Crippen molar-refractivity contribution in [1.82, 2.24) is 14.3 Å². The summed E-state index contributed by atoms with van der Waals surface area (Å²) in [6.07, 6.45) is 6.21. The Kier molecular flexibility index (Phi) is 5.32. The lowest BCUT2D eigenvalue weighted by Gasteiger charge is -2.40. The van der Waals surface area contributed by atoms with E-state index in [1.54, 1.807) is 0 Å². The minimum Gasteiger partial charge on any atom is -0.347 e. The van der Waals surface area contributed by atoms with Gasteiger partial charge in [0, 0.05) is 49.5 Å². The quantitative estimate of drug-likeness (QED) is 0.690. The third-order valence-corrected chi connectivity index (χ3v) is 8.29. The maximum absolute atomic E-state index is 13.4. The van der Waals surface area contributed by atoms with Crippen LogP contribution in [0, 0.1) is 16.7 Å². The first-order valence-corrected chi connectivity index (χ1v) is 12.5. The van der Waals surface area contributed by atoms with E-state index in [0.29, 0.717) is 22.8 Å². The third kappa shape index (κ3) is 4.36. The van der Waals surface area contributed by atoms with E-state index in [-0.39, 0.29) is 5.92 Å². The molecule has 166 valence electrons. The van der Waals surface area contributed by atoms with Gasteiger partial charge in [0.2, 0.25) is 11.0 Å². The lowest BCUT2D eigenvalue weighted by Crippen LogP contribution is -2.45. The van der Waals surface area contributed by atoms with Crippen LogP contribution in [0.3, 0.4) is 0 Å². The van der Waals surface area contributed by atoms with Crippen LogP contribution in [0.5, 0.6) is 0 Å². The van der Waals surface area contributed by atoms with Crippen LogP contribution < -0.4 is 4.90 Å². The van der Waals surface area contributed by atoms with Gasteiger partial charge in [0.1, 0.15) is 5.82 Å². The van der Waals surface area contributed by atoms with Gasteiger partial charge in [-0.15, -0.1) is 0 Å². The number of carbonyl (C=O) groups excluding carboxylic acids is 1. The second kappa shape index (κ2) is 7.88. The Balaban J connectivity index is 1.18.